The fourth-order valence-corrected chi connectivity index (χ4v) is 5.50. The molecule has 4 rings (SSSR count). The molecule has 4 aromatic rings. The van der Waals surface area contributed by atoms with Crippen molar-refractivity contribution in [1.29, 1.82) is 0 Å². The van der Waals surface area contributed by atoms with Crippen molar-refractivity contribution in [2.24, 2.45) is 0 Å². The van der Waals surface area contributed by atoms with Crippen LogP contribution < -0.4 is 37.9 Å². The molecule has 1 N–H and O–H groups in total. The number of methoxy groups -OCH3 is 7. The molecule has 42 heavy (non-hydrogen) atoms. The van der Waals surface area contributed by atoms with E-state index in [4.69, 9.17) is 37.6 Å². The summed E-state index contributed by atoms with van der Waals surface area (Å²) < 4.78 is 73.4. The topological polar surface area (TPSA) is 124 Å². The van der Waals surface area contributed by atoms with Crippen LogP contribution in [0, 0.1) is 0 Å². The predicted octanol–water partition coefficient (Wildman–Crippen LogP) is 5.15. The van der Waals surface area contributed by atoms with Gasteiger partial charge in [-0.05, 0) is 59.7 Å². The van der Waals surface area contributed by atoms with Crippen molar-refractivity contribution in [2.75, 3.05) is 49.8 Å². The quantitative estimate of drug-likeness (QED) is 0.221. The summed E-state index contributed by atoms with van der Waals surface area (Å²) in [6, 6.07) is 13.1. The van der Waals surface area contributed by atoms with E-state index in [1.807, 2.05) is 0 Å². The van der Waals surface area contributed by atoms with Gasteiger partial charge in [0.15, 0.2) is 23.0 Å². The van der Waals surface area contributed by atoms with Crippen molar-refractivity contribution >= 4 is 10.0 Å². The number of ether oxygens (including phenoxy) is 7. The van der Waals surface area contributed by atoms with Gasteiger partial charge in [-0.15, -0.1) is 0 Å². The van der Waals surface area contributed by atoms with Gasteiger partial charge >= 0.3 is 0 Å². The van der Waals surface area contributed by atoms with E-state index in [1.165, 1.54) is 68.2 Å². The molecule has 11 nitrogen and oxygen atoms in total. The van der Waals surface area contributed by atoms with Crippen molar-refractivity contribution in [2.45, 2.75) is 11.4 Å². The first kappa shape index (κ1) is 30.4. The van der Waals surface area contributed by atoms with E-state index in [9.17, 15) is 8.42 Å². The molecule has 0 bridgehead atoms. The average Bonchev–Trinajstić information content (AvgIpc) is 3.46. The number of rotatable bonds is 13. The third-order valence-electron chi connectivity index (χ3n) is 6.59. The Morgan fingerprint density at radius 3 is 1.55 bits per heavy atom. The van der Waals surface area contributed by atoms with Crippen LogP contribution in [0.25, 0.3) is 22.3 Å². The Labute approximate surface area is 244 Å². The Morgan fingerprint density at radius 2 is 1.12 bits per heavy atom. The van der Waals surface area contributed by atoms with Gasteiger partial charge in [0.1, 0.15) is 11.5 Å². The highest BCUT2D eigenvalue weighted by atomic mass is 32.2. The van der Waals surface area contributed by atoms with Gasteiger partial charge in [-0.3, -0.25) is 0 Å². The highest BCUT2D eigenvalue weighted by Gasteiger charge is 2.25. The van der Waals surface area contributed by atoms with Crippen LogP contribution in [0.15, 0.2) is 64.1 Å². The molecule has 1 aromatic heterocycles. The van der Waals surface area contributed by atoms with Gasteiger partial charge in [0.05, 0.1) is 67.5 Å². The maximum atomic E-state index is 13.2. The Morgan fingerprint density at radius 1 is 0.643 bits per heavy atom. The van der Waals surface area contributed by atoms with Crippen molar-refractivity contribution < 1.29 is 46.0 Å². The lowest BCUT2D eigenvalue weighted by Crippen LogP contribution is -2.23. The zero-order valence-corrected chi connectivity index (χ0v) is 25.2. The Bertz CT molecular complexity index is 1600. The molecular weight excluding hydrogens is 566 g/mol. The SMILES string of the molecule is COc1ccc(S(=O)(=O)NCc2occ(-c3cc(OC)c(OC)c(OC)c3)c2-c2cc(OC)c(OC)c(OC)c2)cc1. The van der Waals surface area contributed by atoms with Crippen LogP contribution in [0.5, 0.6) is 40.2 Å². The van der Waals surface area contributed by atoms with E-state index in [0.29, 0.717) is 68.3 Å². The predicted molar refractivity (Wildman–Crippen MR) is 156 cm³/mol. The van der Waals surface area contributed by atoms with E-state index >= 15 is 0 Å². The number of sulfonamides is 1. The number of hydrogen-bond donors (Lipinski definition) is 1. The smallest absolute Gasteiger partial charge is 0.240 e. The summed E-state index contributed by atoms with van der Waals surface area (Å²) in [4.78, 5) is 0.0778. The van der Waals surface area contributed by atoms with Crippen LogP contribution in [0.3, 0.4) is 0 Å². The molecule has 0 aliphatic rings. The second kappa shape index (κ2) is 13.0. The molecule has 0 aliphatic carbocycles. The van der Waals surface area contributed by atoms with Crippen LogP contribution in [-0.2, 0) is 16.6 Å². The Hall–Kier alpha value is -4.55. The lowest BCUT2D eigenvalue weighted by atomic mass is 9.95. The lowest BCUT2D eigenvalue weighted by molar-refractivity contribution is 0.324. The molecule has 0 amide bonds. The van der Waals surface area contributed by atoms with Gasteiger partial charge in [0.25, 0.3) is 0 Å². The summed E-state index contributed by atoms with van der Waals surface area (Å²) in [6.45, 7) is -0.162. The molecule has 0 atom stereocenters. The van der Waals surface area contributed by atoms with Crippen molar-refractivity contribution in [1.82, 2.24) is 4.72 Å². The first-order chi connectivity index (χ1) is 20.2. The summed E-state index contributed by atoms with van der Waals surface area (Å²) >= 11 is 0. The summed E-state index contributed by atoms with van der Waals surface area (Å²) in [5.41, 5.74) is 2.50. The Kier molecular flexibility index (Phi) is 9.38. The molecule has 0 saturated heterocycles. The maximum absolute atomic E-state index is 13.2. The maximum Gasteiger partial charge on any atom is 0.240 e. The van der Waals surface area contributed by atoms with Gasteiger partial charge in [-0.25, -0.2) is 13.1 Å². The van der Waals surface area contributed by atoms with Gasteiger partial charge < -0.3 is 37.6 Å². The highest BCUT2D eigenvalue weighted by molar-refractivity contribution is 7.89. The number of nitrogens with one attached hydrogen (secondary N) is 1. The van der Waals surface area contributed by atoms with Crippen LogP contribution in [0.4, 0.5) is 0 Å². The van der Waals surface area contributed by atoms with E-state index in [2.05, 4.69) is 4.72 Å². The third-order valence-corrected chi connectivity index (χ3v) is 8.01. The molecule has 3 aromatic carbocycles. The first-order valence-electron chi connectivity index (χ1n) is 12.6. The first-order valence-corrected chi connectivity index (χ1v) is 14.1. The summed E-state index contributed by atoms with van der Waals surface area (Å²) in [7, 11) is 6.72. The van der Waals surface area contributed by atoms with Gasteiger partial charge in [0.2, 0.25) is 21.5 Å². The zero-order valence-electron chi connectivity index (χ0n) is 24.4. The van der Waals surface area contributed by atoms with Gasteiger partial charge in [-0.2, -0.15) is 0 Å². The van der Waals surface area contributed by atoms with Crippen LogP contribution in [-0.4, -0.2) is 58.2 Å². The van der Waals surface area contributed by atoms with E-state index in [-0.39, 0.29) is 11.4 Å². The molecule has 0 unspecified atom stereocenters. The molecule has 0 fully saturated rings. The highest BCUT2D eigenvalue weighted by Crippen LogP contribution is 2.48. The standard InChI is InChI=1S/C30H33NO10S/c1-34-20-8-10-21(11-9-20)42(32,33)31-16-27-28(19-14-25(37-4)30(40-7)26(15-19)38-5)22(17-41-27)18-12-23(35-2)29(39-6)24(13-18)36-3/h8-15,17,31H,16H2,1-7H3. The Balaban J connectivity index is 1.88. The third kappa shape index (κ3) is 5.90. The fraction of sp³-hybridized carbons (Fsp3) is 0.267. The van der Waals surface area contributed by atoms with Crippen molar-refractivity contribution in [3.63, 3.8) is 0 Å². The van der Waals surface area contributed by atoms with Crippen LogP contribution in [0.2, 0.25) is 0 Å². The minimum atomic E-state index is -3.90. The van der Waals surface area contributed by atoms with Gasteiger partial charge in [-0.1, -0.05) is 0 Å². The molecule has 12 heteroatoms. The number of benzene rings is 3. The fourth-order valence-electron chi connectivity index (χ4n) is 4.52. The van der Waals surface area contributed by atoms with E-state index in [1.54, 1.807) is 36.4 Å². The molecular formula is C30H33NO10S. The lowest BCUT2D eigenvalue weighted by Gasteiger charge is -2.17. The van der Waals surface area contributed by atoms with Crippen LogP contribution in [0.1, 0.15) is 5.76 Å². The van der Waals surface area contributed by atoms with Crippen LogP contribution >= 0.6 is 0 Å². The minimum Gasteiger partial charge on any atom is -0.497 e. The van der Waals surface area contributed by atoms with E-state index < -0.39 is 10.0 Å². The molecule has 224 valence electrons. The number of furan rings is 1. The monoisotopic (exact) mass is 599 g/mol. The summed E-state index contributed by atoms with van der Waals surface area (Å²) in [5, 5.41) is 0. The molecule has 0 aliphatic heterocycles. The normalized spacial score (nSPS) is 11.1. The van der Waals surface area contributed by atoms with Gasteiger partial charge in [0, 0.05) is 11.1 Å². The molecule has 0 saturated carbocycles. The zero-order chi connectivity index (χ0) is 30.4. The molecule has 0 radical (unpaired) electrons. The largest absolute Gasteiger partial charge is 0.497 e. The van der Waals surface area contributed by atoms with E-state index in [0.717, 1.165) is 0 Å². The molecule has 1 heterocycles. The second-order valence-electron chi connectivity index (χ2n) is 8.78. The number of hydrogen-bond acceptors (Lipinski definition) is 10. The summed E-state index contributed by atoms with van der Waals surface area (Å²) in [6.07, 6.45) is 1.54. The van der Waals surface area contributed by atoms with Crippen molar-refractivity contribution in [3.05, 3.63) is 60.6 Å². The second-order valence-corrected chi connectivity index (χ2v) is 10.5. The van der Waals surface area contributed by atoms with Crippen molar-refractivity contribution in [3.8, 4) is 62.5 Å². The minimum absolute atomic E-state index is 0.0778. The summed E-state index contributed by atoms with van der Waals surface area (Å²) in [5.74, 6) is 3.40. The molecule has 0 spiro atoms. The average molecular weight is 600 g/mol.